The van der Waals surface area contributed by atoms with Crippen LogP contribution in [0, 0.1) is 25.7 Å². The third-order valence-corrected chi connectivity index (χ3v) is 10.8. The maximum absolute atomic E-state index is 12.6. The van der Waals surface area contributed by atoms with Gasteiger partial charge in [0, 0.05) is 71.1 Å². The summed E-state index contributed by atoms with van der Waals surface area (Å²) >= 11 is 1.72. The van der Waals surface area contributed by atoms with E-state index >= 15 is 0 Å². The molecular weight excluding hydrogens is 580 g/mol. The summed E-state index contributed by atoms with van der Waals surface area (Å²) in [5.41, 5.74) is 9.72. The van der Waals surface area contributed by atoms with Crippen LogP contribution in [0.3, 0.4) is 0 Å². The normalized spacial score (nSPS) is 22.9. The zero-order valence-corrected chi connectivity index (χ0v) is 26.6. The number of aliphatic carboxylic acids is 2. The quantitative estimate of drug-likeness (QED) is 0.206. The van der Waals surface area contributed by atoms with Gasteiger partial charge in [-0.3, -0.25) is 19.2 Å². The minimum Gasteiger partial charge on any atom is -0.481 e. The number of nitrogens with one attached hydrogen (secondary N) is 4. The third kappa shape index (κ3) is 5.65. The highest BCUT2D eigenvalue weighted by atomic mass is 32.2. The van der Waals surface area contributed by atoms with Crippen LogP contribution in [0.1, 0.15) is 78.6 Å². The van der Waals surface area contributed by atoms with Crippen LogP contribution in [0.25, 0.3) is 4.91 Å². The Morgan fingerprint density at radius 2 is 1.55 bits per heavy atom. The van der Waals surface area contributed by atoms with Crippen LogP contribution in [0.15, 0.2) is 29.5 Å². The van der Waals surface area contributed by atoms with E-state index in [1.54, 1.807) is 17.8 Å². The highest BCUT2D eigenvalue weighted by molar-refractivity contribution is 8.09. The Morgan fingerprint density at radius 1 is 0.932 bits per heavy atom. The number of hydrogen-bond acceptors (Lipinski definition) is 5. The number of thioether (sulfide) groups is 1. The fourth-order valence-corrected chi connectivity index (χ4v) is 8.52. The fraction of sp³-hybridized carbons (Fsp3) is 0.455. The van der Waals surface area contributed by atoms with Gasteiger partial charge in [-0.25, -0.2) is 0 Å². The first-order chi connectivity index (χ1) is 20.8. The second kappa shape index (κ2) is 12.2. The molecule has 0 aliphatic carbocycles. The van der Waals surface area contributed by atoms with Crippen LogP contribution in [-0.2, 0) is 44.9 Å². The second-order valence-corrected chi connectivity index (χ2v) is 13.5. The summed E-state index contributed by atoms with van der Waals surface area (Å²) in [6, 6.07) is -0.203. The van der Waals surface area contributed by atoms with E-state index in [1.807, 2.05) is 27.7 Å². The van der Waals surface area contributed by atoms with Gasteiger partial charge < -0.3 is 30.8 Å². The first-order valence-electron chi connectivity index (χ1n) is 15.0. The average molecular weight is 621 g/mol. The number of aromatic nitrogens is 2. The van der Waals surface area contributed by atoms with E-state index in [0.717, 1.165) is 61.2 Å². The number of carboxylic acid groups (broad SMARTS) is 2. The molecule has 2 amide bonds. The average Bonchev–Trinajstić information content (AvgIpc) is 3.69. The number of amides is 2. The zero-order chi connectivity index (χ0) is 32.0. The minimum absolute atomic E-state index is 0.0198. The molecule has 1 saturated heterocycles. The highest BCUT2D eigenvalue weighted by Crippen LogP contribution is 2.52. The first kappa shape index (κ1) is 31.4. The molecule has 0 aromatic carbocycles. The standard InChI is InChI=1S/C33H40N4O6S/c1-7-19-14(2)23(36-33(19)43)12-22-15(3)20(8-10-26(38)39)24(34-22)13-25-21(9-11-27(40)41)16(4)29(35-25)31-30-28(18(6)44-31)17(5)32(42)37-30/h7,17-18,23,28,34-35H,1,8-13H2,2-6H3,(H,36,43)(H,37,42)(H,38,39)(H,40,41)/t17-,18+,23-,28+/m1/s1. The van der Waals surface area contributed by atoms with Crippen LogP contribution in [0.2, 0.25) is 0 Å². The van der Waals surface area contributed by atoms with Gasteiger partial charge >= 0.3 is 11.9 Å². The van der Waals surface area contributed by atoms with Gasteiger partial charge in [0.05, 0.1) is 16.6 Å². The van der Waals surface area contributed by atoms with Gasteiger partial charge in [-0.2, -0.15) is 0 Å². The van der Waals surface area contributed by atoms with Crippen molar-refractivity contribution in [3.8, 4) is 0 Å². The molecule has 5 rings (SSSR count). The lowest BCUT2D eigenvalue weighted by atomic mass is 9.91. The van der Waals surface area contributed by atoms with E-state index in [2.05, 4.69) is 34.1 Å². The molecule has 0 unspecified atom stereocenters. The van der Waals surface area contributed by atoms with E-state index in [0.29, 0.717) is 31.3 Å². The lowest BCUT2D eigenvalue weighted by molar-refractivity contribution is -0.138. The van der Waals surface area contributed by atoms with Crippen molar-refractivity contribution in [3.05, 3.63) is 74.5 Å². The van der Waals surface area contributed by atoms with Gasteiger partial charge in [0.1, 0.15) is 0 Å². The second-order valence-electron chi connectivity index (χ2n) is 12.1. The van der Waals surface area contributed by atoms with Gasteiger partial charge in [-0.15, -0.1) is 11.8 Å². The Bertz CT molecular complexity index is 1640. The number of carboxylic acids is 2. The number of aromatic amines is 2. The summed E-state index contributed by atoms with van der Waals surface area (Å²) in [7, 11) is 0. The first-order valence-corrected chi connectivity index (χ1v) is 15.9. The van der Waals surface area contributed by atoms with Gasteiger partial charge in [0.25, 0.3) is 5.91 Å². The molecule has 0 spiro atoms. The molecular formula is C33H40N4O6S. The van der Waals surface area contributed by atoms with Crippen molar-refractivity contribution in [1.82, 2.24) is 20.6 Å². The maximum atomic E-state index is 12.6. The summed E-state index contributed by atoms with van der Waals surface area (Å²) in [5.74, 6) is -1.93. The number of H-pyrrole nitrogens is 2. The van der Waals surface area contributed by atoms with Crippen molar-refractivity contribution in [2.45, 2.75) is 84.4 Å². The third-order valence-electron chi connectivity index (χ3n) is 9.50. The number of hydrogen-bond donors (Lipinski definition) is 6. The molecule has 2 aromatic rings. The predicted molar refractivity (Wildman–Crippen MR) is 169 cm³/mol. The molecule has 4 atom stereocenters. The molecule has 10 nitrogen and oxygen atoms in total. The van der Waals surface area contributed by atoms with Crippen LogP contribution in [0.5, 0.6) is 0 Å². The zero-order valence-electron chi connectivity index (χ0n) is 25.8. The van der Waals surface area contributed by atoms with E-state index < -0.39 is 11.9 Å². The Hall–Kier alpha value is -3.99. The molecule has 5 heterocycles. The van der Waals surface area contributed by atoms with Crippen molar-refractivity contribution < 1.29 is 29.4 Å². The molecule has 3 aliphatic rings. The molecule has 1 fully saturated rings. The van der Waals surface area contributed by atoms with Crippen LogP contribution in [-0.4, -0.2) is 55.2 Å². The Morgan fingerprint density at radius 3 is 2.14 bits per heavy atom. The molecule has 0 saturated carbocycles. The summed E-state index contributed by atoms with van der Waals surface area (Å²) < 4.78 is 0. The molecule has 0 bridgehead atoms. The Balaban J connectivity index is 1.55. The van der Waals surface area contributed by atoms with Gasteiger partial charge in [-0.1, -0.05) is 26.5 Å². The fourth-order valence-electron chi connectivity index (χ4n) is 6.99. The summed E-state index contributed by atoms with van der Waals surface area (Å²) in [5, 5.41) is 25.4. The van der Waals surface area contributed by atoms with Crippen molar-refractivity contribution >= 4 is 40.4 Å². The van der Waals surface area contributed by atoms with E-state index in [9.17, 15) is 29.4 Å². The van der Waals surface area contributed by atoms with E-state index in [1.165, 1.54) is 0 Å². The molecule has 234 valence electrons. The van der Waals surface area contributed by atoms with Crippen LogP contribution >= 0.6 is 11.8 Å². The lowest BCUT2D eigenvalue weighted by Gasteiger charge is -2.13. The van der Waals surface area contributed by atoms with Crippen molar-refractivity contribution in [2.24, 2.45) is 11.8 Å². The number of carbonyl (C=O) groups excluding carboxylic acids is 2. The highest BCUT2D eigenvalue weighted by Gasteiger charge is 2.46. The summed E-state index contributed by atoms with van der Waals surface area (Å²) in [6.45, 7) is 13.7. The largest absolute Gasteiger partial charge is 0.481 e. The number of rotatable bonds is 12. The predicted octanol–water partition coefficient (Wildman–Crippen LogP) is 4.31. The minimum atomic E-state index is -0.890. The SMILES string of the molecule is C=CC1=C(C)[C@@H](Cc2[nH]c(Cc3[nH]c(C4=C5NC(=O)[C@H](C)[C@H]5[C@H](C)S4)c(C)c3CCC(=O)O)c(CCC(=O)O)c2C)NC1=O. The van der Waals surface area contributed by atoms with E-state index in [-0.39, 0.29) is 47.8 Å². The maximum Gasteiger partial charge on any atom is 0.303 e. The van der Waals surface area contributed by atoms with Crippen LogP contribution < -0.4 is 10.6 Å². The Kier molecular flexibility index (Phi) is 8.71. The van der Waals surface area contributed by atoms with Crippen LogP contribution in [0.4, 0.5) is 0 Å². The number of carbonyl (C=O) groups is 4. The number of allylic oxidation sites excluding steroid dienone is 1. The lowest BCUT2D eigenvalue weighted by Crippen LogP contribution is -2.30. The molecule has 11 heteroatoms. The Labute approximate surface area is 260 Å². The molecule has 0 radical (unpaired) electrons. The van der Waals surface area contributed by atoms with Gasteiger partial charge in [0.2, 0.25) is 5.91 Å². The summed E-state index contributed by atoms with van der Waals surface area (Å²) in [6.07, 6.45) is 3.12. The van der Waals surface area contributed by atoms with Crippen molar-refractivity contribution in [1.29, 1.82) is 0 Å². The smallest absolute Gasteiger partial charge is 0.303 e. The van der Waals surface area contributed by atoms with E-state index in [4.69, 9.17) is 0 Å². The number of fused-ring (bicyclic) bond motifs is 1. The molecule has 3 aliphatic heterocycles. The summed E-state index contributed by atoms with van der Waals surface area (Å²) in [4.78, 5) is 56.3. The molecule has 44 heavy (non-hydrogen) atoms. The molecule has 6 N–H and O–H groups in total. The van der Waals surface area contributed by atoms with Gasteiger partial charge in [-0.05, 0) is 61.4 Å². The van der Waals surface area contributed by atoms with Crippen molar-refractivity contribution in [3.63, 3.8) is 0 Å². The van der Waals surface area contributed by atoms with Crippen molar-refractivity contribution in [2.75, 3.05) is 0 Å². The molecule has 2 aromatic heterocycles. The van der Waals surface area contributed by atoms with Gasteiger partial charge in [0.15, 0.2) is 0 Å². The monoisotopic (exact) mass is 620 g/mol. The topological polar surface area (TPSA) is 164 Å².